The molecule has 1 amide bonds. The Bertz CT molecular complexity index is 376. The van der Waals surface area contributed by atoms with E-state index >= 15 is 0 Å². The number of rotatable bonds is 9. The summed E-state index contributed by atoms with van der Waals surface area (Å²) in [6.07, 6.45) is 3.53. The van der Waals surface area contributed by atoms with E-state index in [4.69, 9.17) is 0 Å². The van der Waals surface area contributed by atoms with E-state index in [1.165, 1.54) is 5.56 Å². The highest BCUT2D eigenvalue weighted by atomic mass is 16.1. The summed E-state index contributed by atoms with van der Waals surface area (Å²) in [5.41, 5.74) is 1.26. The highest BCUT2D eigenvalue weighted by Gasteiger charge is 2.10. The standard InChI is InChI=1S/C17H28N2O/c1-14(2)13-16(18-3)9-10-17(20)19-12-11-15-7-5-4-6-8-15/h4-8,14,16,18H,9-13H2,1-3H3,(H,19,20). The Morgan fingerprint density at radius 3 is 2.50 bits per heavy atom. The first-order valence-electron chi connectivity index (χ1n) is 7.59. The maximum absolute atomic E-state index is 11.8. The summed E-state index contributed by atoms with van der Waals surface area (Å²) in [4.78, 5) is 11.8. The quantitative estimate of drug-likeness (QED) is 0.728. The van der Waals surface area contributed by atoms with Crippen LogP contribution in [0.4, 0.5) is 0 Å². The van der Waals surface area contributed by atoms with Gasteiger partial charge in [0, 0.05) is 19.0 Å². The van der Waals surface area contributed by atoms with Crippen LogP contribution in [-0.2, 0) is 11.2 Å². The highest BCUT2D eigenvalue weighted by molar-refractivity contribution is 5.75. The Hall–Kier alpha value is -1.35. The summed E-state index contributed by atoms with van der Waals surface area (Å²) in [7, 11) is 1.97. The van der Waals surface area contributed by atoms with Gasteiger partial charge in [-0.2, -0.15) is 0 Å². The maximum atomic E-state index is 11.8. The monoisotopic (exact) mass is 276 g/mol. The van der Waals surface area contributed by atoms with Crippen molar-refractivity contribution in [2.24, 2.45) is 5.92 Å². The average molecular weight is 276 g/mol. The van der Waals surface area contributed by atoms with E-state index < -0.39 is 0 Å². The molecule has 3 heteroatoms. The Labute approximate surface area is 123 Å². The SMILES string of the molecule is CNC(CCC(=O)NCCc1ccccc1)CC(C)C. The van der Waals surface area contributed by atoms with E-state index in [2.05, 4.69) is 36.6 Å². The van der Waals surface area contributed by atoms with E-state index in [1.807, 2.05) is 25.2 Å². The van der Waals surface area contributed by atoms with Crippen LogP contribution in [0.5, 0.6) is 0 Å². The largest absolute Gasteiger partial charge is 0.356 e. The van der Waals surface area contributed by atoms with E-state index in [0.29, 0.717) is 18.4 Å². The second kappa shape index (κ2) is 9.54. The number of carbonyl (C=O) groups is 1. The lowest BCUT2D eigenvalue weighted by Gasteiger charge is -2.17. The van der Waals surface area contributed by atoms with E-state index in [0.717, 1.165) is 25.8 Å². The second-order valence-corrected chi connectivity index (χ2v) is 5.74. The number of carbonyl (C=O) groups excluding carboxylic acids is 1. The van der Waals surface area contributed by atoms with Crippen molar-refractivity contribution >= 4 is 5.91 Å². The third kappa shape index (κ3) is 7.29. The smallest absolute Gasteiger partial charge is 0.220 e. The average Bonchev–Trinajstić information content (AvgIpc) is 2.44. The molecule has 0 saturated heterocycles. The summed E-state index contributed by atoms with van der Waals surface area (Å²) < 4.78 is 0. The minimum Gasteiger partial charge on any atom is -0.356 e. The molecule has 0 fully saturated rings. The Morgan fingerprint density at radius 1 is 1.20 bits per heavy atom. The normalized spacial score (nSPS) is 12.4. The van der Waals surface area contributed by atoms with Crippen LogP contribution in [0.1, 0.15) is 38.7 Å². The molecule has 1 aromatic rings. The highest BCUT2D eigenvalue weighted by Crippen LogP contribution is 2.09. The molecule has 0 aliphatic rings. The minimum absolute atomic E-state index is 0.157. The topological polar surface area (TPSA) is 41.1 Å². The van der Waals surface area contributed by atoms with Crippen LogP contribution in [0.2, 0.25) is 0 Å². The molecule has 1 rings (SSSR count). The van der Waals surface area contributed by atoms with Crippen LogP contribution in [0.3, 0.4) is 0 Å². The molecule has 0 aliphatic carbocycles. The molecule has 0 aliphatic heterocycles. The fraction of sp³-hybridized carbons (Fsp3) is 0.588. The number of hydrogen-bond donors (Lipinski definition) is 2. The van der Waals surface area contributed by atoms with Crippen molar-refractivity contribution in [3.8, 4) is 0 Å². The van der Waals surface area contributed by atoms with Crippen molar-refractivity contribution in [2.75, 3.05) is 13.6 Å². The first-order chi connectivity index (χ1) is 9.61. The van der Waals surface area contributed by atoms with Crippen LogP contribution in [0.25, 0.3) is 0 Å². The first-order valence-corrected chi connectivity index (χ1v) is 7.59. The fourth-order valence-corrected chi connectivity index (χ4v) is 2.33. The van der Waals surface area contributed by atoms with Crippen molar-refractivity contribution in [3.63, 3.8) is 0 Å². The number of nitrogens with one attached hydrogen (secondary N) is 2. The zero-order valence-corrected chi connectivity index (χ0v) is 13.0. The van der Waals surface area contributed by atoms with Gasteiger partial charge in [0.15, 0.2) is 0 Å². The minimum atomic E-state index is 0.157. The van der Waals surface area contributed by atoms with Crippen LogP contribution in [0, 0.1) is 5.92 Å². The number of hydrogen-bond acceptors (Lipinski definition) is 2. The van der Waals surface area contributed by atoms with Gasteiger partial charge in [0.25, 0.3) is 0 Å². The summed E-state index contributed by atoms with van der Waals surface area (Å²) in [5.74, 6) is 0.818. The lowest BCUT2D eigenvalue weighted by Crippen LogP contribution is -2.31. The van der Waals surface area contributed by atoms with E-state index in [1.54, 1.807) is 0 Å². The molecule has 0 heterocycles. The van der Waals surface area contributed by atoms with Crippen molar-refractivity contribution in [1.29, 1.82) is 0 Å². The molecular formula is C17H28N2O. The maximum Gasteiger partial charge on any atom is 0.220 e. The van der Waals surface area contributed by atoms with Gasteiger partial charge in [-0.1, -0.05) is 44.2 Å². The molecule has 0 aromatic heterocycles. The van der Waals surface area contributed by atoms with Crippen molar-refractivity contribution in [2.45, 2.75) is 45.6 Å². The Balaban J connectivity index is 2.16. The molecule has 0 spiro atoms. The third-order valence-corrected chi connectivity index (χ3v) is 3.46. The number of benzene rings is 1. The van der Waals surface area contributed by atoms with Crippen LogP contribution < -0.4 is 10.6 Å². The van der Waals surface area contributed by atoms with Crippen molar-refractivity contribution in [1.82, 2.24) is 10.6 Å². The summed E-state index contributed by atoms with van der Waals surface area (Å²) >= 11 is 0. The fourth-order valence-electron chi connectivity index (χ4n) is 2.33. The van der Waals surface area contributed by atoms with Gasteiger partial charge in [-0.15, -0.1) is 0 Å². The lowest BCUT2D eigenvalue weighted by atomic mass is 10.00. The molecule has 112 valence electrons. The lowest BCUT2D eigenvalue weighted by molar-refractivity contribution is -0.121. The Kier molecular flexibility index (Phi) is 7.97. The molecule has 0 saturated carbocycles. The molecule has 2 N–H and O–H groups in total. The van der Waals surface area contributed by atoms with Crippen LogP contribution in [0.15, 0.2) is 30.3 Å². The van der Waals surface area contributed by atoms with Gasteiger partial charge >= 0.3 is 0 Å². The molecule has 1 atom stereocenters. The molecule has 1 aromatic carbocycles. The molecule has 0 radical (unpaired) electrons. The third-order valence-electron chi connectivity index (χ3n) is 3.46. The van der Waals surface area contributed by atoms with Gasteiger partial charge in [-0.3, -0.25) is 4.79 Å². The first kappa shape index (κ1) is 16.7. The summed E-state index contributed by atoms with van der Waals surface area (Å²) in [6, 6.07) is 10.7. The van der Waals surface area contributed by atoms with Gasteiger partial charge in [0.05, 0.1) is 0 Å². The summed E-state index contributed by atoms with van der Waals surface area (Å²) in [6.45, 7) is 5.14. The molecule has 20 heavy (non-hydrogen) atoms. The van der Waals surface area contributed by atoms with Crippen LogP contribution in [-0.4, -0.2) is 25.5 Å². The molecule has 3 nitrogen and oxygen atoms in total. The van der Waals surface area contributed by atoms with Gasteiger partial charge in [0.2, 0.25) is 5.91 Å². The molecule has 0 bridgehead atoms. The predicted octanol–water partition coefficient (Wildman–Crippen LogP) is 2.76. The van der Waals surface area contributed by atoms with Gasteiger partial charge in [-0.25, -0.2) is 0 Å². The Morgan fingerprint density at radius 2 is 1.90 bits per heavy atom. The van der Waals surface area contributed by atoms with Crippen LogP contribution >= 0.6 is 0 Å². The van der Waals surface area contributed by atoms with Gasteiger partial charge in [0.1, 0.15) is 0 Å². The zero-order chi connectivity index (χ0) is 14.8. The van der Waals surface area contributed by atoms with Gasteiger partial charge in [-0.05, 0) is 37.8 Å². The number of amides is 1. The molecular weight excluding hydrogens is 248 g/mol. The zero-order valence-electron chi connectivity index (χ0n) is 13.0. The predicted molar refractivity (Wildman–Crippen MR) is 84.7 cm³/mol. The second-order valence-electron chi connectivity index (χ2n) is 5.74. The van der Waals surface area contributed by atoms with E-state index in [-0.39, 0.29) is 5.91 Å². The summed E-state index contributed by atoms with van der Waals surface area (Å²) in [5, 5.41) is 6.29. The van der Waals surface area contributed by atoms with E-state index in [9.17, 15) is 4.79 Å². The van der Waals surface area contributed by atoms with Crippen molar-refractivity contribution < 1.29 is 4.79 Å². The molecule has 1 unspecified atom stereocenters. The van der Waals surface area contributed by atoms with Crippen molar-refractivity contribution in [3.05, 3.63) is 35.9 Å². The van der Waals surface area contributed by atoms with Gasteiger partial charge < -0.3 is 10.6 Å².